The van der Waals surface area contributed by atoms with Crippen LogP contribution in [0, 0.1) is 0 Å². The van der Waals surface area contributed by atoms with Gasteiger partial charge in [-0.15, -0.1) is 0 Å². The third kappa shape index (κ3) is 13.8. The van der Waals surface area contributed by atoms with Crippen molar-refractivity contribution in [3.05, 3.63) is 0 Å². The van der Waals surface area contributed by atoms with E-state index in [-0.39, 0.29) is 23.9 Å². The molecule has 5 N–H and O–H groups in total. The van der Waals surface area contributed by atoms with Crippen LogP contribution in [0.4, 0.5) is 0 Å². The SMILES string of the molecule is CCCC(C)(CCO)SC[C@H](N)C=O.CNCC(=O)O. The van der Waals surface area contributed by atoms with Crippen molar-refractivity contribution < 1.29 is 19.8 Å². The molecule has 0 aromatic rings. The van der Waals surface area contributed by atoms with Crippen LogP contribution in [0.3, 0.4) is 0 Å². The summed E-state index contributed by atoms with van der Waals surface area (Å²) < 4.78 is 0.0597. The van der Waals surface area contributed by atoms with Crippen molar-refractivity contribution in [1.29, 1.82) is 0 Å². The Kier molecular flexibility index (Phi) is 14.5. The lowest BCUT2D eigenvalue weighted by atomic mass is 10.0. The lowest BCUT2D eigenvalue weighted by Gasteiger charge is -2.28. The molecule has 120 valence electrons. The first-order valence-corrected chi connectivity index (χ1v) is 7.65. The van der Waals surface area contributed by atoms with E-state index in [1.165, 1.54) is 0 Å². The smallest absolute Gasteiger partial charge is 0.317 e. The Hall–Kier alpha value is -0.630. The highest BCUT2D eigenvalue weighted by Crippen LogP contribution is 2.33. The molecule has 1 unspecified atom stereocenters. The average Bonchev–Trinajstić information content (AvgIpc) is 2.37. The summed E-state index contributed by atoms with van der Waals surface area (Å²) in [5.41, 5.74) is 5.52. The summed E-state index contributed by atoms with van der Waals surface area (Å²) in [5.74, 6) is -0.183. The zero-order chi connectivity index (χ0) is 16.0. The van der Waals surface area contributed by atoms with Crippen LogP contribution >= 0.6 is 11.8 Å². The highest BCUT2D eigenvalue weighted by molar-refractivity contribution is 8.00. The Morgan fingerprint density at radius 3 is 2.40 bits per heavy atom. The van der Waals surface area contributed by atoms with Gasteiger partial charge in [0.1, 0.15) is 6.29 Å². The maximum Gasteiger partial charge on any atom is 0.317 e. The second-order valence-electron chi connectivity index (χ2n) is 4.71. The number of likely N-dealkylation sites (N-methyl/N-ethyl adjacent to an activating group) is 1. The van der Waals surface area contributed by atoms with Crippen molar-refractivity contribution in [3.63, 3.8) is 0 Å². The maximum atomic E-state index is 10.3. The molecule has 0 aromatic heterocycles. The van der Waals surface area contributed by atoms with Gasteiger partial charge in [0.2, 0.25) is 0 Å². The molecule has 0 saturated carbocycles. The van der Waals surface area contributed by atoms with Gasteiger partial charge >= 0.3 is 5.97 Å². The number of rotatable bonds is 10. The van der Waals surface area contributed by atoms with Gasteiger partial charge in [-0.3, -0.25) is 4.79 Å². The van der Waals surface area contributed by atoms with Crippen LogP contribution in [0.1, 0.15) is 33.1 Å². The van der Waals surface area contributed by atoms with E-state index in [1.54, 1.807) is 18.8 Å². The van der Waals surface area contributed by atoms with E-state index in [0.717, 1.165) is 25.5 Å². The number of carbonyl (C=O) groups excluding carboxylic acids is 1. The average molecular weight is 308 g/mol. The molecule has 0 aliphatic heterocycles. The number of hydrogen-bond donors (Lipinski definition) is 4. The molecule has 20 heavy (non-hydrogen) atoms. The van der Waals surface area contributed by atoms with Gasteiger partial charge in [-0.25, -0.2) is 0 Å². The molecule has 0 radical (unpaired) electrons. The van der Waals surface area contributed by atoms with Crippen LogP contribution < -0.4 is 11.1 Å². The number of carbonyl (C=O) groups is 2. The monoisotopic (exact) mass is 308 g/mol. The first-order chi connectivity index (χ1) is 9.35. The molecule has 0 aliphatic carbocycles. The van der Waals surface area contributed by atoms with E-state index in [4.69, 9.17) is 15.9 Å². The Morgan fingerprint density at radius 1 is 1.50 bits per heavy atom. The normalized spacial score (nSPS) is 14.7. The summed E-state index contributed by atoms with van der Waals surface area (Å²) in [4.78, 5) is 19.9. The van der Waals surface area contributed by atoms with Gasteiger partial charge in [-0.05, 0) is 19.9 Å². The Morgan fingerprint density at radius 2 is 2.10 bits per heavy atom. The summed E-state index contributed by atoms with van der Waals surface area (Å²) in [6, 6.07) is -0.380. The van der Waals surface area contributed by atoms with E-state index < -0.39 is 5.97 Å². The molecule has 0 spiro atoms. The zero-order valence-electron chi connectivity index (χ0n) is 12.6. The topological polar surface area (TPSA) is 113 Å². The second kappa shape index (κ2) is 13.4. The van der Waals surface area contributed by atoms with Crippen molar-refractivity contribution in [2.45, 2.75) is 43.9 Å². The summed E-state index contributed by atoms with van der Waals surface area (Å²) in [6.45, 7) is 4.48. The molecule has 0 rings (SSSR count). The first-order valence-electron chi connectivity index (χ1n) is 6.67. The lowest BCUT2D eigenvalue weighted by Crippen LogP contribution is -2.30. The third-order valence-electron chi connectivity index (χ3n) is 2.55. The quantitative estimate of drug-likeness (QED) is 0.434. The van der Waals surface area contributed by atoms with E-state index in [1.807, 2.05) is 0 Å². The van der Waals surface area contributed by atoms with Crippen LogP contribution in [-0.4, -0.2) is 59.2 Å². The number of nitrogens with one attached hydrogen (secondary N) is 1. The highest BCUT2D eigenvalue weighted by Gasteiger charge is 2.23. The molecule has 0 amide bonds. The number of nitrogens with two attached hydrogens (primary N) is 1. The third-order valence-corrected chi connectivity index (χ3v) is 4.20. The Labute approximate surface area is 125 Å². The largest absolute Gasteiger partial charge is 0.480 e. The first kappa shape index (κ1) is 21.7. The van der Waals surface area contributed by atoms with E-state index in [9.17, 15) is 9.59 Å². The predicted octanol–water partition coefficient (Wildman–Crippen LogP) is 0.477. The molecule has 7 heteroatoms. The fraction of sp³-hybridized carbons (Fsp3) is 0.846. The molecule has 0 bridgehead atoms. The number of hydrogen-bond acceptors (Lipinski definition) is 6. The van der Waals surface area contributed by atoms with E-state index in [2.05, 4.69) is 19.2 Å². The van der Waals surface area contributed by atoms with Gasteiger partial charge in [-0.1, -0.05) is 20.3 Å². The molecule has 0 heterocycles. The zero-order valence-corrected chi connectivity index (χ0v) is 13.4. The molecule has 0 saturated heterocycles. The fourth-order valence-electron chi connectivity index (χ4n) is 1.52. The van der Waals surface area contributed by atoms with Crippen LogP contribution in [0.15, 0.2) is 0 Å². The molecule has 0 aromatic carbocycles. The number of carboxylic acids is 1. The van der Waals surface area contributed by atoms with Crippen molar-refractivity contribution in [1.82, 2.24) is 5.32 Å². The maximum absolute atomic E-state index is 10.3. The molecular formula is C13H28N2O4S. The molecular weight excluding hydrogens is 280 g/mol. The summed E-state index contributed by atoms with van der Waals surface area (Å²) >= 11 is 1.69. The van der Waals surface area contributed by atoms with Crippen molar-refractivity contribution in [3.8, 4) is 0 Å². The van der Waals surface area contributed by atoms with Gasteiger partial charge < -0.3 is 26.1 Å². The summed E-state index contributed by atoms with van der Waals surface area (Å²) in [6.07, 6.45) is 3.67. The van der Waals surface area contributed by atoms with Gasteiger partial charge in [-0.2, -0.15) is 11.8 Å². The van der Waals surface area contributed by atoms with Gasteiger partial charge in [0.05, 0.1) is 12.6 Å². The Balaban J connectivity index is 0. The number of aliphatic hydroxyl groups is 1. The number of thioether (sulfide) groups is 1. The number of aliphatic carboxylic acids is 1. The Bertz CT molecular complexity index is 259. The van der Waals surface area contributed by atoms with Gasteiger partial charge in [0.15, 0.2) is 0 Å². The van der Waals surface area contributed by atoms with Crippen LogP contribution in [-0.2, 0) is 9.59 Å². The molecule has 0 fully saturated rings. The minimum absolute atomic E-state index is 0.0417. The van der Waals surface area contributed by atoms with Crippen molar-refractivity contribution >= 4 is 24.0 Å². The minimum atomic E-state index is -0.822. The van der Waals surface area contributed by atoms with Crippen LogP contribution in [0.2, 0.25) is 0 Å². The van der Waals surface area contributed by atoms with E-state index in [0.29, 0.717) is 5.75 Å². The number of aldehydes is 1. The van der Waals surface area contributed by atoms with E-state index >= 15 is 0 Å². The van der Waals surface area contributed by atoms with Gasteiger partial charge in [0.25, 0.3) is 0 Å². The fourth-order valence-corrected chi connectivity index (χ4v) is 2.78. The lowest BCUT2D eigenvalue weighted by molar-refractivity contribution is -0.135. The van der Waals surface area contributed by atoms with Crippen LogP contribution in [0.5, 0.6) is 0 Å². The summed E-state index contributed by atoms with van der Waals surface area (Å²) in [5, 5.41) is 19.3. The van der Waals surface area contributed by atoms with Crippen molar-refractivity contribution in [2.24, 2.45) is 5.73 Å². The minimum Gasteiger partial charge on any atom is -0.480 e. The summed E-state index contributed by atoms with van der Waals surface area (Å²) in [7, 11) is 1.59. The standard InChI is InChI=1S/C10H21NO2S.C3H7NO2/c1-3-4-10(2,5-6-12)14-8-9(11)7-13;1-4-2-3(5)6/h7,9,12H,3-6,8,11H2,1-2H3;4H,2H2,1H3,(H,5,6)/t9-,10?;/m1./s1. The number of carboxylic acid groups (broad SMARTS) is 1. The molecule has 2 atom stereocenters. The van der Waals surface area contributed by atoms with Crippen molar-refractivity contribution in [2.75, 3.05) is 26.0 Å². The molecule has 0 aliphatic rings. The predicted molar refractivity (Wildman–Crippen MR) is 83.1 cm³/mol. The second-order valence-corrected chi connectivity index (χ2v) is 6.32. The van der Waals surface area contributed by atoms with Gasteiger partial charge in [0, 0.05) is 17.1 Å². The number of aliphatic hydroxyl groups excluding tert-OH is 1. The van der Waals surface area contributed by atoms with Crippen LogP contribution in [0.25, 0.3) is 0 Å². The molecule has 6 nitrogen and oxygen atoms in total. The highest BCUT2D eigenvalue weighted by atomic mass is 32.2.